The number of ether oxygens (including phenoxy) is 1. The van der Waals surface area contributed by atoms with Crippen LogP contribution in [0.25, 0.3) is 10.8 Å². The van der Waals surface area contributed by atoms with E-state index in [0.717, 1.165) is 11.1 Å². The molecule has 0 bridgehead atoms. The minimum absolute atomic E-state index is 0.242. The number of carboxylic acids is 2. The Balaban J connectivity index is 2.26. The van der Waals surface area contributed by atoms with E-state index in [1.807, 2.05) is 17.0 Å². The number of fused-ring (bicyclic) bond motifs is 1. The minimum Gasteiger partial charge on any atom is -0.481 e. The summed E-state index contributed by atoms with van der Waals surface area (Å²) < 4.78 is 5.34. The summed E-state index contributed by atoms with van der Waals surface area (Å²) in [5.74, 6) is -1.43. The van der Waals surface area contributed by atoms with Crippen molar-refractivity contribution in [2.45, 2.75) is 18.9 Å². The molecular formula is C20H22Cl2N2O6. The highest BCUT2D eigenvalue weighted by molar-refractivity contribution is 6.18. The number of carbonyl (C=O) groups excluding carboxylic acids is 1. The van der Waals surface area contributed by atoms with E-state index < -0.39 is 30.5 Å². The normalized spacial score (nSPS) is 11.7. The van der Waals surface area contributed by atoms with Crippen molar-refractivity contribution in [1.82, 2.24) is 5.32 Å². The second-order valence-electron chi connectivity index (χ2n) is 6.35. The smallest absolute Gasteiger partial charge is 0.413 e. The Morgan fingerprint density at radius 1 is 1.00 bits per heavy atom. The molecule has 0 unspecified atom stereocenters. The Bertz CT molecular complexity index is 902. The zero-order chi connectivity index (χ0) is 22.1. The SMILES string of the molecule is O=C(O)CC[C@H](NC(=O)Oc1ccc(N(CCCl)CCCl)c2ccccc12)C(=O)O. The highest BCUT2D eigenvalue weighted by atomic mass is 35.5. The van der Waals surface area contributed by atoms with Crippen molar-refractivity contribution in [2.24, 2.45) is 0 Å². The zero-order valence-electron chi connectivity index (χ0n) is 16.0. The first-order chi connectivity index (χ1) is 14.4. The van der Waals surface area contributed by atoms with Crippen molar-refractivity contribution in [2.75, 3.05) is 29.7 Å². The molecule has 0 aliphatic heterocycles. The lowest BCUT2D eigenvalue weighted by Crippen LogP contribution is -2.42. The van der Waals surface area contributed by atoms with Crippen LogP contribution in [0.1, 0.15) is 12.8 Å². The molecule has 0 aliphatic carbocycles. The van der Waals surface area contributed by atoms with E-state index in [9.17, 15) is 19.5 Å². The van der Waals surface area contributed by atoms with E-state index >= 15 is 0 Å². The number of anilines is 1. The second kappa shape index (κ2) is 11.5. The summed E-state index contributed by atoms with van der Waals surface area (Å²) in [5, 5.41) is 21.6. The third-order valence-corrected chi connectivity index (χ3v) is 4.69. The maximum absolute atomic E-state index is 12.3. The Kier molecular flexibility index (Phi) is 9.01. The van der Waals surface area contributed by atoms with Gasteiger partial charge < -0.3 is 25.2 Å². The first kappa shape index (κ1) is 23.6. The van der Waals surface area contributed by atoms with Gasteiger partial charge in [-0.3, -0.25) is 4.79 Å². The number of nitrogens with one attached hydrogen (secondary N) is 1. The molecule has 1 atom stereocenters. The number of carbonyl (C=O) groups is 3. The van der Waals surface area contributed by atoms with Crippen LogP contribution in [-0.2, 0) is 9.59 Å². The van der Waals surface area contributed by atoms with Crippen LogP contribution in [0.5, 0.6) is 5.75 Å². The van der Waals surface area contributed by atoms with Crippen LogP contribution in [0, 0.1) is 0 Å². The van der Waals surface area contributed by atoms with Crippen molar-refractivity contribution >= 4 is 57.7 Å². The van der Waals surface area contributed by atoms with Gasteiger partial charge in [0.15, 0.2) is 0 Å². The van der Waals surface area contributed by atoms with Gasteiger partial charge in [-0.2, -0.15) is 0 Å². The van der Waals surface area contributed by atoms with E-state index in [1.165, 1.54) is 0 Å². The monoisotopic (exact) mass is 456 g/mol. The molecule has 0 saturated heterocycles. The summed E-state index contributed by atoms with van der Waals surface area (Å²) in [6.45, 7) is 1.17. The van der Waals surface area contributed by atoms with Gasteiger partial charge in [0.25, 0.3) is 0 Å². The molecule has 162 valence electrons. The summed E-state index contributed by atoms with van der Waals surface area (Å²) in [4.78, 5) is 36.2. The van der Waals surface area contributed by atoms with Gasteiger partial charge in [0.05, 0.1) is 0 Å². The van der Waals surface area contributed by atoms with E-state index in [1.54, 1.807) is 24.3 Å². The van der Waals surface area contributed by atoms with Crippen LogP contribution in [0.2, 0.25) is 0 Å². The quantitative estimate of drug-likeness (QED) is 0.442. The van der Waals surface area contributed by atoms with Gasteiger partial charge in [0.1, 0.15) is 11.8 Å². The second-order valence-corrected chi connectivity index (χ2v) is 7.11. The maximum atomic E-state index is 12.3. The molecule has 8 nitrogen and oxygen atoms in total. The lowest BCUT2D eigenvalue weighted by Gasteiger charge is -2.25. The first-order valence-corrected chi connectivity index (χ1v) is 10.3. The molecular weight excluding hydrogens is 435 g/mol. The molecule has 1 amide bonds. The Labute approximate surface area is 183 Å². The Morgan fingerprint density at radius 3 is 2.20 bits per heavy atom. The first-order valence-electron chi connectivity index (χ1n) is 9.19. The van der Waals surface area contributed by atoms with Gasteiger partial charge in [0.2, 0.25) is 0 Å². The van der Waals surface area contributed by atoms with Crippen molar-refractivity contribution in [1.29, 1.82) is 0 Å². The number of rotatable bonds is 11. The number of carboxylic acid groups (broad SMARTS) is 2. The van der Waals surface area contributed by atoms with Gasteiger partial charge in [-0.1, -0.05) is 24.3 Å². The lowest BCUT2D eigenvalue weighted by molar-refractivity contribution is -0.140. The number of hydrogen-bond acceptors (Lipinski definition) is 5. The van der Waals surface area contributed by atoms with Crippen LogP contribution >= 0.6 is 23.2 Å². The average molecular weight is 457 g/mol. The fourth-order valence-electron chi connectivity index (χ4n) is 2.97. The summed E-state index contributed by atoms with van der Waals surface area (Å²) in [7, 11) is 0. The van der Waals surface area contributed by atoms with Crippen molar-refractivity contribution < 1.29 is 29.3 Å². The van der Waals surface area contributed by atoms with E-state index in [2.05, 4.69) is 5.32 Å². The highest BCUT2D eigenvalue weighted by Gasteiger charge is 2.22. The lowest BCUT2D eigenvalue weighted by atomic mass is 10.1. The van der Waals surface area contributed by atoms with E-state index in [0.29, 0.717) is 30.2 Å². The molecule has 0 aromatic heterocycles. The molecule has 10 heteroatoms. The fourth-order valence-corrected chi connectivity index (χ4v) is 3.38. The van der Waals surface area contributed by atoms with Crippen LogP contribution in [0.15, 0.2) is 36.4 Å². The Hall–Kier alpha value is -2.71. The fraction of sp³-hybridized carbons (Fsp3) is 0.350. The summed E-state index contributed by atoms with van der Waals surface area (Å²) >= 11 is 11.8. The minimum atomic E-state index is -1.37. The van der Waals surface area contributed by atoms with E-state index in [4.69, 9.17) is 33.0 Å². The molecule has 0 radical (unpaired) electrons. The summed E-state index contributed by atoms with van der Waals surface area (Å²) in [5.41, 5.74) is 0.879. The van der Waals surface area contributed by atoms with Crippen molar-refractivity contribution in [3.8, 4) is 5.75 Å². The van der Waals surface area contributed by atoms with Crippen LogP contribution in [0.3, 0.4) is 0 Å². The van der Waals surface area contributed by atoms with Crippen LogP contribution in [-0.4, -0.2) is 59.1 Å². The van der Waals surface area contributed by atoms with Crippen LogP contribution < -0.4 is 15.0 Å². The summed E-state index contributed by atoms with van der Waals surface area (Å²) in [6.07, 6.45) is -1.64. The predicted octanol–water partition coefficient (Wildman–Crippen LogP) is 3.53. The topological polar surface area (TPSA) is 116 Å². The molecule has 2 aromatic rings. The zero-order valence-corrected chi connectivity index (χ0v) is 17.5. The molecule has 0 saturated carbocycles. The third-order valence-electron chi connectivity index (χ3n) is 4.35. The molecule has 0 aliphatic rings. The van der Waals surface area contributed by atoms with Crippen LogP contribution in [0.4, 0.5) is 10.5 Å². The molecule has 0 fully saturated rings. The highest BCUT2D eigenvalue weighted by Crippen LogP contribution is 2.34. The predicted molar refractivity (Wildman–Crippen MR) is 115 cm³/mol. The Morgan fingerprint density at radius 2 is 1.63 bits per heavy atom. The number of hydrogen-bond donors (Lipinski definition) is 3. The standard InChI is InChI=1S/C20H22Cl2N2O6/c21-9-11-24(12-10-22)16-6-7-17(14-4-2-1-3-13(14)16)30-20(29)23-15(19(27)28)5-8-18(25)26/h1-4,6-7,15H,5,8-12H2,(H,23,29)(H,25,26)(H,27,28)/t15-/m0/s1. The number of halogens is 2. The molecule has 30 heavy (non-hydrogen) atoms. The van der Waals surface area contributed by atoms with Gasteiger partial charge in [-0.05, 0) is 18.6 Å². The van der Waals surface area contributed by atoms with Crippen molar-refractivity contribution in [3.63, 3.8) is 0 Å². The summed E-state index contributed by atoms with van der Waals surface area (Å²) in [6, 6.07) is 9.31. The third kappa shape index (κ3) is 6.40. The molecule has 0 heterocycles. The number of aliphatic carboxylic acids is 2. The number of nitrogens with zero attached hydrogens (tertiary/aromatic N) is 1. The van der Waals surface area contributed by atoms with Gasteiger partial charge >= 0.3 is 18.0 Å². The number of alkyl halides is 2. The molecule has 2 aromatic carbocycles. The van der Waals surface area contributed by atoms with Gasteiger partial charge in [-0.25, -0.2) is 9.59 Å². The average Bonchev–Trinajstić information content (AvgIpc) is 2.71. The van der Waals surface area contributed by atoms with Crippen molar-refractivity contribution in [3.05, 3.63) is 36.4 Å². The van der Waals surface area contributed by atoms with Gasteiger partial charge in [0, 0.05) is 47.7 Å². The van der Waals surface area contributed by atoms with E-state index in [-0.39, 0.29) is 12.2 Å². The largest absolute Gasteiger partial charge is 0.481 e. The number of amides is 1. The molecule has 0 spiro atoms. The maximum Gasteiger partial charge on any atom is 0.413 e. The van der Waals surface area contributed by atoms with Gasteiger partial charge in [-0.15, -0.1) is 23.2 Å². The molecule has 2 rings (SSSR count). The molecule has 3 N–H and O–H groups in total. The number of benzene rings is 2.